The van der Waals surface area contributed by atoms with E-state index >= 15 is 0 Å². The van der Waals surface area contributed by atoms with Gasteiger partial charge in [0, 0.05) is 5.69 Å². The van der Waals surface area contributed by atoms with Crippen molar-refractivity contribution in [2.45, 2.75) is 6.18 Å². The van der Waals surface area contributed by atoms with Crippen molar-refractivity contribution in [1.29, 1.82) is 10.7 Å². The van der Waals surface area contributed by atoms with E-state index in [4.69, 9.17) is 10.7 Å². The molecular formula is C20H12F3N7. The SMILES string of the molecule is N#Cc1ccc(/C=N\n2cnc3c(ncn3-c3ccc(C(F)(F)F)cc3)c2=N)cc1. The van der Waals surface area contributed by atoms with Crippen molar-refractivity contribution in [3.63, 3.8) is 0 Å². The van der Waals surface area contributed by atoms with Crippen molar-refractivity contribution in [2.24, 2.45) is 5.10 Å². The van der Waals surface area contributed by atoms with Crippen LogP contribution >= 0.6 is 0 Å². The Hall–Kier alpha value is -4.26. The van der Waals surface area contributed by atoms with Gasteiger partial charge in [0.05, 0.1) is 23.4 Å². The second kappa shape index (κ2) is 7.29. The van der Waals surface area contributed by atoms with E-state index in [-0.39, 0.29) is 11.0 Å². The quantitative estimate of drug-likeness (QED) is 0.527. The summed E-state index contributed by atoms with van der Waals surface area (Å²) in [4.78, 5) is 8.42. The molecule has 0 amide bonds. The summed E-state index contributed by atoms with van der Waals surface area (Å²) >= 11 is 0. The number of rotatable bonds is 3. The molecule has 0 unspecified atom stereocenters. The summed E-state index contributed by atoms with van der Waals surface area (Å²) in [6.45, 7) is 0. The molecule has 0 aliphatic heterocycles. The maximum atomic E-state index is 12.8. The maximum Gasteiger partial charge on any atom is 0.416 e. The van der Waals surface area contributed by atoms with Crippen molar-refractivity contribution in [2.75, 3.05) is 0 Å². The predicted molar refractivity (Wildman–Crippen MR) is 102 cm³/mol. The average molecular weight is 407 g/mol. The molecule has 0 aliphatic carbocycles. The van der Waals surface area contributed by atoms with E-state index in [1.54, 1.807) is 24.3 Å². The van der Waals surface area contributed by atoms with Gasteiger partial charge in [0.1, 0.15) is 12.7 Å². The number of nitrogens with zero attached hydrogens (tertiary/aromatic N) is 6. The van der Waals surface area contributed by atoms with Gasteiger partial charge in [-0.15, -0.1) is 0 Å². The highest BCUT2D eigenvalue weighted by Gasteiger charge is 2.30. The molecule has 0 saturated carbocycles. The number of aromatic nitrogens is 4. The molecule has 30 heavy (non-hydrogen) atoms. The average Bonchev–Trinajstić information content (AvgIpc) is 3.18. The summed E-state index contributed by atoms with van der Waals surface area (Å²) in [5.74, 6) is 0. The van der Waals surface area contributed by atoms with E-state index in [1.165, 1.54) is 40.2 Å². The molecule has 0 radical (unpaired) electrons. The second-order valence-electron chi connectivity index (χ2n) is 6.25. The molecule has 4 aromatic rings. The summed E-state index contributed by atoms with van der Waals surface area (Å²) < 4.78 is 41.0. The van der Waals surface area contributed by atoms with Crippen molar-refractivity contribution in [1.82, 2.24) is 19.2 Å². The van der Waals surface area contributed by atoms with Gasteiger partial charge in [-0.05, 0) is 42.0 Å². The summed E-state index contributed by atoms with van der Waals surface area (Å²) in [5.41, 5.74) is 1.49. The summed E-state index contributed by atoms with van der Waals surface area (Å²) in [6.07, 6.45) is -0.180. The minimum absolute atomic E-state index is 0.0319. The lowest BCUT2D eigenvalue weighted by Crippen LogP contribution is -2.18. The molecule has 10 heteroatoms. The Morgan fingerprint density at radius 1 is 1.00 bits per heavy atom. The molecule has 4 rings (SSSR count). The molecule has 0 saturated heterocycles. The number of nitrogens with one attached hydrogen (secondary N) is 1. The van der Waals surface area contributed by atoms with E-state index in [0.717, 1.165) is 17.7 Å². The maximum absolute atomic E-state index is 12.8. The molecule has 2 aromatic heterocycles. The van der Waals surface area contributed by atoms with Crippen molar-refractivity contribution < 1.29 is 13.2 Å². The van der Waals surface area contributed by atoms with Gasteiger partial charge >= 0.3 is 6.18 Å². The Bertz CT molecular complexity index is 1340. The van der Waals surface area contributed by atoms with E-state index in [0.29, 0.717) is 16.9 Å². The van der Waals surface area contributed by atoms with Crippen LogP contribution in [0.15, 0.2) is 66.3 Å². The zero-order valence-corrected chi connectivity index (χ0v) is 15.2. The predicted octanol–water partition coefficient (Wildman–Crippen LogP) is 3.47. The van der Waals surface area contributed by atoms with Crippen LogP contribution in [-0.2, 0) is 6.18 Å². The summed E-state index contributed by atoms with van der Waals surface area (Å²) in [7, 11) is 0. The fourth-order valence-electron chi connectivity index (χ4n) is 2.77. The van der Waals surface area contributed by atoms with Gasteiger partial charge in [0.15, 0.2) is 16.7 Å². The number of fused-ring (bicyclic) bond motifs is 1. The number of imidazole rings is 1. The van der Waals surface area contributed by atoms with E-state index in [2.05, 4.69) is 15.1 Å². The van der Waals surface area contributed by atoms with Crippen molar-refractivity contribution in [3.05, 3.63) is 83.4 Å². The molecule has 148 valence electrons. The first-order valence-corrected chi connectivity index (χ1v) is 8.58. The number of hydrogen-bond acceptors (Lipinski definition) is 5. The fourth-order valence-corrected chi connectivity index (χ4v) is 2.77. The third kappa shape index (κ3) is 3.56. The second-order valence-corrected chi connectivity index (χ2v) is 6.25. The number of nitriles is 1. The molecule has 0 spiro atoms. The number of alkyl halides is 3. The lowest BCUT2D eigenvalue weighted by molar-refractivity contribution is -0.137. The van der Waals surface area contributed by atoms with Crippen LogP contribution in [0.1, 0.15) is 16.7 Å². The molecule has 0 fully saturated rings. The minimum Gasteiger partial charge on any atom is -0.283 e. The molecule has 0 aliphatic rings. The van der Waals surface area contributed by atoms with Gasteiger partial charge in [-0.2, -0.15) is 23.5 Å². The van der Waals surface area contributed by atoms with Gasteiger partial charge in [0.2, 0.25) is 0 Å². The first-order chi connectivity index (χ1) is 14.4. The highest BCUT2D eigenvalue weighted by Crippen LogP contribution is 2.29. The smallest absolute Gasteiger partial charge is 0.283 e. The van der Waals surface area contributed by atoms with Crippen LogP contribution < -0.4 is 5.49 Å². The topological polar surface area (TPSA) is 95.6 Å². The Morgan fingerprint density at radius 2 is 1.70 bits per heavy atom. The number of hydrogen-bond donors (Lipinski definition) is 1. The normalized spacial score (nSPS) is 11.8. The summed E-state index contributed by atoms with van der Waals surface area (Å²) in [5, 5.41) is 21.3. The van der Waals surface area contributed by atoms with Crippen LogP contribution in [0, 0.1) is 16.7 Å². The third-order valence-electron chi connectivity index (χ3n) is 4.33. The first-order valence-electron chi connectivity index (χ1n) is 8.58. The van der Waals surface area contributed by atoms with Gasteiger partial charge in [-0.1, -0.05) is 12.1 Å². The van der Waals surface area contributed by atoms with Crippen LogP contribution in [0.25, 0.3) is 16.9 Å². The number of benzene rings is 2. The largest absolute Gasteiger partial charge is 0.416 e. The Balaban J connectivity index is 1.67. The van der Waals surface area contributed by atoms with Crippen molar-refractivity contribution in [3.8, 4) is 11.8 Å². The lowest BCUT2D eigenvalue weighted by Gasteiger charge is -2.08. The highest BCUT2D eigenvalue weighted by atomic mass is 19.4. The van der Waals surface area contributed by atoms with Gasteiger partial charge < -0.3 is 0 Å². The minimum atomic E-state index is -4.42. The van der Waals surface area contributed by atoms with Crippen LogP contribution in [-0.4, -0.2) is 25.4 Å². The molecule has 2 aromatic carbocycles. The lowest BCUT2D eigenvalue weighted by atomic mass is 10.2. The van der Waals surface area contributed by atoms with Gasteiger partial charge in [0.25, 0.3) is 0 Å². The molecule has 0 atom stereocenters. The van der Waals surface area contributed by atoms with Crippen LogP contribution in [0.5, 0.6) is 0 Å². The van der Waals surface area contributed by atoms with Crippen LogP contribution in [0.4, 0.5) is 13.2 Å². The molecule has 2 heterocycles. The molecular weight excluding hydrogens is 395 g/mol. The van der Waals surface area contributed by atoms with Gasteiger partial charge in [-0.25, -0.2) is 14.6 Å². The van der Waals surface area contributed by atoms with E-state index < -0.39 is 11.7 Å². The zero-order chi connectivity index (χ0) is 21.3. The first kappa shape index (κ1) is 19.1. The third-order valence-corrected chi connectivity index (χ3v) is 4.33. The Labute approximate surface area is 167 Å². The van der Waals surface area contributed by atoms with Crippen molar-refractivity contribution >= 4 is 17.4 Å². The molecule has 0 bridgehead atoms. The fraction of sp³-hybridized carbons (Fsp3) is 0.0500. The Morgan fingerprint density at radius 3 is 2.33 bits per heavy atom. The van der Waals surface area contributed by atoms with Crippen LogP contribution in [0.3, 0.4) is 0 Å². The van der Waals surface area contributed by atoms with Crippen LogP contribution in [0.2, 0.25) is 0 Å². The van der Waals surface area contributed by atoms with E-state index in [9.17, 15) is 13.2 Å². The zero-order valence-electron chi connectivity index (χ0n) is 15.2. The molecule has 7 nitrogen and oxygen atoms in total. The summed E-state index contributed by atoms with van der Waals surface area (Å²) in [6, 6.07) is 13.4. The highest BCUT2D eigenvalue weighted by molar-refractivity contribution is 5.79. The van der Waals surface area contributed by atoms with Gasteiger partial charge in [-0.3, -0.25) is 9.98 Å². The molecule has 1 N–H and O–H groups in total. The standard InChI is InChI=1S/C20H12F3N7/c21-20(22,23)15-5-7-16(8-6-15)29-11-26-17-18(25)30(12-27-19(17)29)28-10-14-3-1-13(9-24)2-4-14/h1-8,10-12,25H/b25-18?,28-10-. The monoisotopic (exact) mass is 407 g/mol. The van der Waals surface area contributed by atoms with E-state index in [1.807, 2.05) is 6.07 Å². The number of halogens is 3. The Kier molecular flexibility index (Phi) is 4.63.